The summed E-state index contributed by atoms with van der Waals surface area (Å²) in [6, 6.07) is 7.54. The van der Waals surface area contributed by atoms with E-state index in [2.05, 4.69) is 10.9 Å². The molecule has 27 heavy (non-hydrogen) atoms. The van der Waals surface area contributed by atoms with Crippen LogP contribution in [0, 0.1) is 0 Å². The maximum absolute atomic E-state index is 12.2. The first-order valence-corrected chi connectivity index (χ1v) is 10.7. The number of ether oxygens (including phenoxy) is 2. The van der Waals surface area contributed by atoms with Crippen molar-refractivity contribution in [2.45, 2.75) is 30.6 Å². The summed E-state index contributed by atoms with van der Waals surface area (Å²) in [6.07, 6.45) is 4.45. The predicted octanol–water partition coefficient (Wildman–Crippen LogP) is 2.95. The SMILES string of the molecule is O=C(CSc1ccc2c(c1)OCCO2)NNC(=O)c1cc2c(s1)CCCC2. The van der Waals surface area contributed by atoms with Gasteiger partial charge in [-0.05, 0) is 55.5 Å². The van der Waals surface area contributed by atoms with Crippen LogP contribution in [0.5, 0.6) is 11.5 Å². The fourth-order valence-corrected chi connectivity index (χ4v) is 4.96. The van der Waals surface area contributed by atoms with Crippen molar-refractivity contribution in [3.63, 3.8) is 0 Å². The Morgan fingerprint density at radius 1 is 1.04 bits per heavy atom. The first-order valence-electron chi connectivity index (χ1n) is 8.92. The number of fused-ring (bicyclic) bond motifs is 2. The van der Waals surface area contributed by atoms with Crippen LogP contribution in [0.15, 0.2) is 29.2 Å². The minimum atomic E-state index is -0.260. The van der Waals surface area contributed by atoms with Gasteiger partial charge < -0.3 is 9.47 Å². The minimum Gasteiger partial charge on any atom is -0.486 e. The average Bonchev–Trinajstić information content (AvgIpc) is 3.14. The predicted molar refractivity (Wildman–Crippen MR) is 105 cm³/mol. The number of rotatable bonds is 4. The summed E-state index contributed by atoms with van der Waals surface area (Å²) in [4.78, 5) is 27.1. The maximum Gasteiger partial charge on any atom is 0.279 e. The van der Waals surface area contributed by atoms with E-state index in [1.165, 1.54) is 46.4 Å². The third-order valence-electron chi connectivity index (χ3n) is 4.42. The van der Waals surface area contributed by atoms with Crippen LogP contribution in [0.3, 0.4) is 0 Å². The molecule has 1 aromatic carbocycles. The van der Waals surface area contributed by atoms with Crippen molar-refractivity contribution < 1.29 is 19.1 Å². The van der Waals surface area contributed by atoms with Gasteiger partial charge in [-0.2, -0.15) is 0 Å². The van der Waals surface area contributed by atoms with Crippen LogP contribution in [0.25, 0.3) is 0 Å². The Morgan fingerprint density at radius 2 is 1.85 bits per heavy atom. The van der Waals surface area contributed by atoms with Crippen molar-refractivity contribution in [2.75, 3.05) is 19.0 Å². The van der Waals surface area contributed by atoms with Crippen LogP contribution in [-0.2, 0) is 17.6 Å². The van der Waals surface area contributed by atoms with Crippen LogP contribution in [0.1, 0.15) is 33.0 Å². The van der Waals surface area contributed by atoms with Crippen molar-refractivity contribution in [3.8, 4) is 11.5 Å². The van der Waals surface area contributed by atoms with E-state index in [1.54, 1.807) is 0 Å². The molecule has 1 aromatic heterocycles. The lowest BCUT2D eigenvalue weighted by molar-refractivity contribution is -0.119. The molecule has 6 nitrogen and oxygen atoms in total. The molecule has 0 unspecified atom stereocenters. The molecule has 0 saturated heterocycles. The molecule has 142 valence electrons. The van der Waals surface area contributed by atoms with E-state index in [4.69, 9.17) is 9.47 Å². The zero-order valence-electron chi connectivity index (χ0n) is 14.7. The molecule has 1 aliphatic carbocycles. The topological polar surface area (TPSA) is 76.7 Å². The van der Waals surface area contributed by atoms with E-state index in [-0.39, 0.29) is 17.6 Å². The summed E-state index contributed by atoms with van der Waals surface area (Å²) < 4.78 is 11.0. The Kier molecular flexibility index (Phi) is 5.54. The molecule has 0 spiro atoms. The number of amides is 2. The number of hydrazine groups is 1. The molecule has 0 bridgehead atoms. The van der Waals surface area contributed by atoms with Gasteiger partial charge in [0.1, 0.15) is 13.2 Å². The molecule has 2 aromatic rings. The van der Waals surface area contributed by atoms with Gasteiger partial charge in [0.25, 0.3) is 5.91 Å². The lowest BCUT2D eigenvalue weighted by Crippen LogP contribution is -2.42. The van der Waals surface area contributed by atoms with Crippen molar-refractivity contribution in [3.05, 3.63) is 39.6 Å². The monoisotopic (exact) mass is 404 g/mol. The highest BCUT2D eigenvalue weighted by atomic mass is 32.2. The number of nitrogens with one attached hydrogen (secondary N) is 2. The molecule has 8 heteroatoms. The number of thioether (sulfide) groups is 1. The third-order valence-corrected chi connectivity index (χ3v) is 6.65. The number of carbonyl (C=O) groups is 2. The highest BCUT2D eigenvalue weighted by Gasteiger charge is 2.18. The Hall–Kier alpha value is -2.19. The normalized spacial score (nSPS) is 15.0. The zero-order valence-corrected chi connectivity index (χ0v) is 16.3. The maximum atomic E-state index is 12.2. The molecule has 0 fully saturated rings. The Morgan fingerprint density at radius 3 is 2.70 bits per heavy atom. The molecule has 4 rings (SSSR count). The molecule has 2 amide bonds. The second-order valence-electron chi connectivity index (χ2n) is 6.36. The summed E-state index contributed by atoms with van der Waals surface area (Å²) >= 11 is 2.90. The fraction of sp³-hybridized carbons (Fsp3) is 0.368. The van der Waals surface area contributed by atoms with Crippen molar-refractivity contribution >= 4 is 34.9 Å². The molecule has 2 N–H and O–H groups in total. The fourth-order valence-electron chi connectivity index (χ4n) is 3.09. The third kappa shape index (κ3) is 4.39. The van der Waals surface area contributed by atoms with Crippen molar-refractivity contribution in [2.24, 2.45) is 0 Å². The molecule has 2 heterocycles. The molecule has 0 radical (unpaired) electrons. The second kappa shape index (κ2) is 8.22. The zero-order chi connectivity index (χ0) is 18.6. The van der Waals surface area contributed by atoms with Crippen LogP contribution in [0.2, 0.25) is 0 Å². The van der Waals surface area contributed by atoms with Gasteiger partial charge in [0.2, 0.25) is 5.91 Å². The highest BCUT2D eigenvalue weighted by Crippen LogP contribution is 2.34. The van der Waals surface area contributed by atoms with Crippen LogP contribution >= 0.6 is 23.1 Å². The Balaban J connectivity index is 1.26. The summed E-state index contributed by atoms with van der Waals surface area (Å²) in [5, 5.41) is 0. The number of hydrogen-bond acceptors (Lipinski definition) is 6. The lowest BCUT2D eigenvalue weighted by atomic mass is 9.99. The first kappa shape index (κ1) is 18.2. The molecule has 1 aliphatic heterocycles. The van der Waals surface area contributed by atoms with Gasteiger partial charge in [-0.3, -0.25) is 20.4 Å². The number of hydrogen-bond donors (Lipinski definition) is 2. The van der Waals surface area contributed by atoms with E-state index in [0.29, 0.717) is 23.8 Å². The van der Waals surface area contributed by atoms with Gasteiger partial charge in [-0.25, -0.2) is 0 Å². The molecule has 0 saturated carbocycles. The smallest absolute Gasteiger partial charge is 0.279 e. The number of carbonyl (C=O) groups excluding carboxylic acids is 2. The first-order chi connectivity index (χ1) is 13.2. The second-order valence-corrected chi connectivity index (χ2v) is 8.55. The van der Waals surface area contributed by atoms with Gasteiger partial charge in [-0.15, -0.1) is 23.1 Å². The molecule has 2 aliphatic rings. The van der Waals surface area contributed by atoms with Crippen LogP contribution < -0.4 is 20.3 Å². The summed E-state index contributed by atoms with van der Waals surface area (Å²) in [5.74, 6) is 1.10. The van der Waals surface area contributed by atoms with E-state index in [9.17, 15) is 9.59 Å². The summed E-state index contributed by atoms with van der Waals surface area (Å²) in [6.45, 7) is 1.08. The average molecular weight is 405 g/mol. The van der Waals surface area contributed by atoms with E-state index in [1.807, 2.05) is 24.3 Å². The van der Waals surface area contributed by atoms with Crippen molar-refractivity contribution in [1.82, 2.24) is 10.9 Å². The van der Waals surface area contributed by atoms with Gasteiger partial charge in [-0.1, -0.05) is 0 Å². The van der Waals surface area contributed by atoms with Gasteiger partial charge >= 0.3 is 0 Å². The minimum absolute atomic E-state index is 0.195. The molecule has 0 atom stereocenters. The molecular formula is C19H20N2O4S2. The quantitative estimate of drug-likeness (QED) is 0.605. The number of thiophene rings is 1. The van der Waals surface area contributed by atoms with Crippen molar-refractivity contribution in [1.29, 1.82) is 0 Å². The van der Waals surface area contributed by atoms with Gasteiger partial charge in [0.05, 0.1) is 10.6 Å². The van der Waals surface area contributed by atoms with E-state index < -0.39 is 0 Å². The van der Waals surface area contributed by atoms with Crippen LogP contribution in [-0.4, -0.2) is 30.8 Å². The summed E-state index contributed by atoms with van der Waals surface area (Å²) in [7, 11) is 0. The Bertz CT molecular complexity index is 842. The highest BCUT2D eigenvalue weighted by molar-refractivity contribution is 8.00. The molecular weight excluding hydrogens is 384 g/mol. The number of aryl methyl sites for hydroxylation is 2. The largest absolute Gasteiger partial charge is 0.486 e. The standard InChI is InChI=1S/C19H20N2O4S2/c22-18(11-26-13-5-6-14-15(10-13)25-8-7-24-14)20-21-19(23)17-9-12-3-1-2-4-16(12)27-17/h5-6,9-10H,1-4,7-8,11H2,(H,20,22)(H,21,23). The van der Waals surface area contributed by atoms with Gasteiger partial charge in [0, 0.05) is 9.77 Å². The number of benzene rings is 1. The van der Waals surface area contributed by atoms with Gasteiger partial charge in [0.15, 0.2) is 11.5 Å². The Labute approximate surface area is 165 Å². The lowest BCUT2D eigenvalue weighted by Gasteiger charge is -2.18. The van der Waals surface area contributed by atoms with Crippen LogP contribution in [0.4, 0.5) is 0 Å². The summed E-state index contributed by atoms with van der Waals surface area (Å²) in [5.41, 5.74) is 6.27. The van der Waals surface area contributed by atoms with E-state index in [0.717, 1.165) is 23.5 Å². The van der Waals surface area contributed by atoms with E-state index >= 15 is 0 Å².